The summed E-state index contributed by atoms with van der Waals surface area (Å²) in [6.07, 6.45) is 5.92. The third-order valence-electron chi connectivity index (χ3n) is 4.31. The second kappa shape index (κ2) is 12.4. The van der Waals surface area contributed by atoms with E-state index >= 15 is 0 Å². The van der Waals surface area contributed by atoms with E-state index < -0.39 is 11.8 Å². The number of ether oxygens (including phenoxy) is 2. The van der Waals surface area contributed by atoms with Gasteiger partial charge in [0.05, 0.1) is 6.61 Å². The lowest BCUT2D eigenvalue weighted by Crippen LogP contribution is -2.43. The van der Waals surface area contributed by atoms with Crippen molar-refractivity contribution in [1.82, 2.24) is 10.9 Å². The van der Waals surface area contributed by atoms with E-state index in [2.05, 4.69) is 17.8 Å². The maximum atomic E-state index is 12.1. The Bertz CT molecular complexity index is 775. The van der Waals surface area contributed by atoms with Crippen molar-refractivity contribution in [2.75, 3.05) is 13.2 Å². The van der Waals surface area contributed by atoms with Gasteiger partial charge in [0.15, 0.2) is 6.61 Å². The number of carbonyl (C=O) groups is 2. The number of benzene rings is 2. The highest BCUT2D eigenvalue weighted by Gasteiger charge is 2.08. The van der Waals surface area contributed by atoms with E-state index in [0.29, 0.717) is 17.9 Å². The molecule has 156 valence electrons. The van der Waals surface area contributed by atoms with Crippen molar-refractivity contribution in [2.24, 2.45) is 0 Å². The van der Waals surface area contributed by atoms with Gasteiger partial charge in [0.1, 0.15) is 11.5 Å². The van der Waals surface area contributed by atoms with Crippen LogP contribution in [0, 0.1) is 6.92 Å². The van der Waals surface area contributed by atoms with Gasteiger partial charge in [-0.25, -0.2) is 0 Å². The maximum absolute atomic E-state index is 12.1. The molecule has 0 spiro atoms. The second-order valence-electron chi connectivity index (χ2n) is 6.89. The average molecular weight is 399 g/mol. The molecule has 0 saturated heterocycles. The molecule has 0 fully saturated rings. The molecule has 0 radical (unpaired) electrons. The molecule has 2 aromatic rings. The van der Waals surface area contributed by atoms with Crippen LogP contribution in [-0.2, 0) is 4.79 Å². The molecule has 2 rings (SSSR count). The molecule has 2 amide bonds. The molecule has 6 nitrogen and oxygen atoms in total. The molecule has 0 bridgehead atoms. The fourth-order valence-electron chi connectivity index (χ4n) is 2.69. The van der Waals surface area contributed by atoms with E-state index in [4.69, 9.17) is 9.47 Å². The third kappa shape index (κ3) is 8.68. The molecular weight excluding hydrogens is 368 g/mol. The van der Waals surface area contributed by atoms with Crippen LogP contribution in [0.25, 0.3) is 0 Å². The molecule has 2 aromatic carbocycles. The predicted octanol–water partition coefficient (Wildman–Crippen LogP) is 4.18. The maximum Gasteiger partial charge on any atom is 0.276 e. The van der Waals surface area contributed by atoms with Gasteiger partial charge in [-0.2, -0.15) is 0 Å². The number of carbonyl (C=O) groups excluding carboxylic acids is 2. The van der Waals surface area contributed by atoms with Crippen LogP contribution in [0.5, 0.6) is 11.5 Å². The SMILES string of the molecule is CCCCCCCOc1ccc(C(=O)NNC(=O)COc2cccc(C)c2)cc1. The minimum absolute atomic E-state index is 0.186. The molecule has 6 heteroatoms. The minimum Gasteiger partial charge on any atom is -0.494 e. The van der Waals surface area contributed by atoms with Crippen LogP contribution in [0.3, 0.4) is 0 Å². The molecule has 0 aliphatic carbocycles. The number of rotatable bonds is 11. The summed E-state index contributed by atoms with van der Waals surface area (Å²) in [5.41, 5.74) is 6.20. The lowest BCUT2D eigenvalue weighted by atomic mass is 10.2. The van der Waals surface area contributed by atoms with E-state index in [1.54, 1.807) is 30.3 Å². The van der Waals surface area contributed by atoms with Gasteiger partial charge in [0.25, 0.3) is 11.8 Å². The Kier molecular flexibility index (Phi) is 9.55. The van der Waals surface area contributed by atoms with Crippen LogP contribution >= 0.6 is 0 Å². The van der Waals surface area contributed by atoms with E-state index in [1.165, 1.54) is 25.7 Å². The summed E-state index contributed by atoms with van der Waals surface area (Å²) in [5, 5.41) is 0. The van der Waals surface area contributed by atoms with Crippen molar-refractivity contribution in [1.29, 1.82) is 0 Å². The number of amides is 2. The first-order valence-electron chi connectivity index (χ1n) is 10.1. The molecule has 0 saturated carbocycles. The normalized spacial score (nSPS) is 10.3. The molecule has 0 aliphatic rings. The summed E-state index contributed by atoms with van der Waals surface area (Å²) < 4.78 is 11.1. The highest BCUT2D eigenvalue weighted by atomic mass is 16.5. The Morgan fingerprint density at radius 1 is 0.862 bits per heavy atom. The average Bonchev–Trinajstić information content (AvgIpc) is 2.73. The minimum atomic E-state index is -0.442. The Balaban J connectivity index is 1.67. The first-order chi connectivity index (χ1) is 14.1. The number of unbranched alkanes of at least 4 members (excludes halogenated alkanes) is 4. The Morgan fingerprint density at radius 2 is 1.62 bits per heavy atom. The summed E-state index contributed by atoms with van der Waals surface area (Å²) in [6.45, 7) is 4.62. The smallest absolute Gasteiger partial charge is 0.276 e. The van der Waals surface area contributed by atoms with Gasteiger partial charge in [-0.15, -0.1) is 0 Å². The highest BCUT2D eigenvalue weighted by molar-refractivity contribution is 5.95. The van der Waals surface area contributed by atoms with Crippen LogP contribution in [0.15, 0.2) is 48.5 Å². The van der Waals surface area contributed by atoms with Crippen molar-refractivity contribution < 1.29 is 19.1 Å². The fraction of sp³-hybridized carbons (Fsp3) is 0.391. The standard InChI is InChI=1S/C23H30N2O4/c1-3-4-5-6-7-15-28-20-13-11-19(12-14-20)23(27)25-24-22(26)17-29-21-10-8-9-18(2)16-21/h8-14,16H,3-7,15,17H2,1-2H3,(H,24,26)(H,25,27). The number of hydrogen-bond donors (Lipinski definition) is 2. The largest absolute Gasteiger partial charge is 0.494 e. The third-order valence-corrected chi connectivity index (χ3v) is 4.31. The van der Waals surface area contributed by atoms with Crippen LogP contribution in [0.4, 0.5) is 0 Å². The molecule has 0 atom stereocenters. The van der Waals surface area contributed by atoms with Crippen molar-refractivity contribution >= 4 is 11.8 Å². The van der Waals surface area contributed by atoms with Crippen molar-refractivity contribution in [2.45, 2.75) is 46.0 Å². The quantitative estimate of drug-likeness (QED) is 0.440. The van der Waals surface area contributed by atoms with Gasteiger partial charge >= 0.3 is 0 Å². The molecule has 0 unspecified atom stereocenters. The van der Waals surface area contributed by atoms with Crippen LogP contribution in [0.1, 0.15) is 54.9 Å². The van der Waals surface area contributed by atoms with Crippen molar-refractivity contribution in [3.8, 4) is 11.5 Å². The first-order valence-corrected chi connectivity index (χ1v) is 10.1. The van der Waals surface area contributed by atoms with Gasteiger partial charge in [0.2, 0.25) is 0 Å². The number of hydrogen-bond acceptors (Lipinski definition) is 4. The van der Waals surface area contributed by atoms with Gasteiger partial charge in [-0.1, -0.05) is 44.7 Å². The Hall–Kier alpha value is -3.02. The second-order valence-corrected chi connectivity index (χ2v) is 6.89. The molecule has 0 aliphatic heterocycles. The monoisotopic (exact) mass is 398 g/mol. The zero-order valence-corrected chi connectivity index (χ0v) is 17.2. The van der Waals surface area contributed by atoms with E-state index in [1.807, 2.05) is 25.1 Å². The molecule has 2 N–H and O–H groups in total. The van der Waals surface area contributed by atoms with Gasteiger partial charge in [0, 0.05) is 5.56 Å². The fourth-order valence-corrected chi connectivity index (χ4v) is 2.69. The van der Waals surface area contributed by atoms with Crippen molar-refractivity contribution in [3.05, 3.63) is 59.7 Å². The number of hydrazine groups is 1. The predicted molar refractivity (Wildman–Crippen MR) is 113 cm³/mol. The summed E-state index contributed by atoms with van der Waals surface area (Å²) in [4.78, 5) is 24.0. The zero-order valence-electron chi connectivity index (χ0n) is 17.2. The Labute approximate surface area is 172 Å². The Morgan fingerprint density at radius 3 is 2.34 bits per heavy atom. The van der Waals surface area contributed by atoms with Crippen LogP contribution < -0.4 is 20.3 Å². The number of nitrogens with one attached hydrogen (secondary N) is 2. The summed E-state index contributed by atoms with van der Waals surface area (Å²) in [5.74, 6) is 0.489. The van der Waals surface area contributed by atoms with Crippen LogP contribution in [-0.4, -0.2) is 25.0 Å². The molecular formula is C23H30N2O4. The molecule has 0 heterocycles. The van der Waals surface area contributed by atoms with Crippen LogP contribution in [0.2, 0.25) is 0 Å². The summed E-state index contributed by atoms with van der Waals surface area (Å²) >= 11 is 0. The topological polar surface area (TPSA) is 76.7 Å². The van der Waals surface area contributed by atoms with E-state index in [9.17, 15) is 9.59 Å². The molecule has 29 heavy (non-hydrogen) atoms. The van der Waals surface area contributed by atoms with Gasteiger partial charge in [-0.05, 0) is 55.3 Å². The lowest BCUT2D eigenvalue weighted by Gasteiger charge is -2.10. The summed E-state index contributed by atoms with van der Waals surface area (Å²) in [7, 11) is 0. The lowest BCUT2D eigenvalue weighted by molar-refractivity contribution is -0.123. The van der Waals surface area contributed by atoms with Gasteiger partial charge < -0.3 is 9.47 Å². The van der Waals surface area contributed by atoms with E-state index in [-0.39, 0.29) is 6.61 Å². The van der Waals surface area contributed by atoms with Crippen molar-refractivity contribution in [3.63, 3.8) is 0 Å². The first kappa shape index (κ1) is 22.3. The number of aryl methyl sites for hydroxylation is 1. The molecule has 0 aromatic heterocycles. The van der Waals surface area contributed by atoms with Gasteiger partial charge in [-0.3, -0.25) is 20.4 Å². The summed E-state index contributed by atoms with van der Waals surface area (Å²) in [6, 6.07) is 14.2. The highest BCUT2D eigenvalue weighted by Crippen LogP contribution is 2.14. The van der Waals surface area contributed by atoms with E-state index in [0.717, 1.165) is 17.7 Å². The zero-order chi connectivity index (χ0) is 20.9.